The largest absolute Gasteiger partial charge is 0.420 e. The summed E-state index contributed by atoms with van der Waals surface area (Å²) in [5.41, 5.74) is 2.51. The number of anilines is 1. The van der Waals surface area contributed by atoms with Crippen LogP contribution in [0.15, 0.2) is 100 Å². The van der Waals surface area contributed by atoms with Gasteiger partial charge in [-0.15, -0.1) is 10.2 Å². The molecule has 4 aromatic rings. The summed E-state index contributed by atoms with van der Waals surface area (Å²) >= 11 is 1.30. The molecule has 0 radical (unpaired) electrons. The maximum absolute atomic E-state index is 13.5. The third-order valence-corrected chi connectivity index (χ3v) is 5.75. The number of amides is 1. The van der Waals surface area contributed by atoms with Crippen LogP contribution in [0.5, 0.6) is 0 Å². The average Bonchev–Trinajstić information content (AvgIpc) is 3.44. The van der Waals surface area contributed by atoms with Gasteiger partial charge in [0.1, 0.15) is 11.5 Å². The van der Waals surface area contributed by atoms with Crippen molar-refractivity contribution in [2.45, 2.75) is 5.75 Å². The maximum atomic E-state index is 13.5. The number of benzene rings is 3. The molecule has 0 saturated heterocycles. The van der Waals surface area contributed by atoms with Gasteiger partial charge in [0.15, 0.2) is 5.17 Å². The summed E-state index contributed by atoms with van der Waals surface area (Å²) in [7, 11) is 0. The van der Waals surface area contributed by atoms with Crippen molar-refractivity contribution in [1.82, 2.24) is 10.2 Å². The van der Waals surface area contributed by atoms with E-state index in [1.54, 1.807) is 18.2 Å². The molecule has 0 atom stereocenters. The second-order valence-corrected chi connectivity index (χ2v) is 8.05. The van der Waals surface area contributed by atoms with Crippen LogP contribution in [0, 0.1) is 5.82 Å². The van der Waals surface area contributed by atoms with Crippen LogP contribution in [0.25, 0.3) is 17.5 Å². The monoisotopic (exact) mass is 456 g/mol. The van der Waals surface area contributed by atoms with Crippen LogP contribution in [-0.4, -0.2) is 21.3 Å². The van der Waals surface area contributed by atoms with Crippen LogP contribution < -0.4 is 4.90 Å². The van der Waals surface area contributed by atoms with Crippen molar-refractivity contribution in [3.8, 4) is 11.5 Å². The van der Waals surface area contributed by atoms with E-state index in [9.17, 15) is 9.18 Å². The first kappa shape index (κ1) is 20.8. The Balaban J connectivity index is 1.41. The smallest absolute Gasteiger partial charge is 0.283 e. The SMILES string of the molecule is O=C1/C(=C\c2ccccc2)N=C(SCc2nnc(-c3ccccc3)o2)N1c1ccc(F)cc1. The number of amidine groups is 1. The number of aliphatic imine (C=N–C) groups is 1. The van der Waals surface area contributed by atoms with E-state index in [1.807, 2.05) is 60.7 Å². The predicted molar refractivity (Wildman–Crippen MR) is 127 cm³/mol. The Labute approximate surface area is 193 Å². The minimum atomic E-state index is -0.379. The lowest BCUT2D eigenvalue weighted by atomic mass is 10.2. The zero-order chi connectivity index (χ0) is 22.6. The zero-order valence-corrected chi connectivity index (χ0v) is 18.1. The van der Waals surface area contributed by atoms with Crippen LogP contribution in [-0.2, 0) is 10.5 Å². The highest BCUT2D eigenvalue weighted by Crippen LogP contribution is 2.31. The Morgan fingerprint density at radius 3 is 2.33 bits per heavy atom. The minimum Gasteiger partial charge on any atom is -0.420 e. The van der Waals surface area contributed by atoms with Gasteiger partial charge in [-0.05, 0) is 48.0 Å². The van der Waals surface area contributed by atoms with Crippen LogP contribution in [0.3, 0.4) is 0 Å². The summed E-state index contributed by atoms with van der Waals surface area (Å²) in [5, 5.41) is 8.66. The van der Waals surface area contributed by atoms with Crippen molar-refractivity contribution < 1.29 is 13.6 Å². The van der Waals surface area contributed by atoms with Gasteiger partial charge < -0.3 is 4.42 Å². The lowest BCUT2D eigenvalue weighted by Crippen LogP contribution is -2.30. The summed E-state index contributed by atoms with van der Waals surface area (Å²) in [6.45, 7) is 0. The van der Waals surface area contributed by atoms with E-state index in [2.05, 4.69) is 15.2 Å². The number of hydrogen-bond acceptors (Lipinski definition) is 6. The molecule has 0 saturated carbocycles. The van der Waals surface area contributed by atoms with Gasteiger partial charge in [0, 0.05) is 5.56 Å². The van der Waals surface area contributed by atoms with Crippen molar-refractivity contribution in [2.24, 2.45) is 4.99 Å². The van der Waals surface area contributed by atoms with Crippen LogP contribution in [0.2, 0.25) is 0 Å². The number of rotatable bonds is 5. The molecule has 1 aliphatic heterocycles. The molecule has 8 heteroatoms. The van der Waals surface area contributed by atoms with Gasteiger partial charge in [0.25, 0.3) is 5.91 Å². The lowest BCUT2D eigenvalue weighted by molar-refractivity contribution is -0.113. The first-order valence-electron chi connectivity index (χ1n) is 10.1. The molecule has 0 fully saturated rings. The number of halogens is 1. The Morgan fingerprint density at radius 1 is 0.909 bits per heavy atom. The van der Waals surface area contributed by atoms with Crippen molar-refractivity contribution in [3.05, 3.63) is 108 Å². The molecule has 1 aliphatic rings. The lowest BCUT2D eigenvalue weighted by Gasteiger charge is -2.17. The summed E-state index contributed by atoms with van der Waals surface area (Å²) in [5.74, 6) is 0.492. The Bertz CT molecular complexity index is 1340. The number of carbonyl (C=O) groups excluding carboxylic acids is 1. The minimum absolute atomic E-state index is 0.288. The van der Waals surface area contributed by atoms with Crippen molar-refractivity contribution in [1.29, 1.82) is 0 Å². The molecule has 0 spiro atoms. The number of thioether (sulfide) groups is 1. The Kier molecular flexibility index (Phi) is 5.82. The number of carbonyl (C=O) groups is 1. The van der Waals surface area contributed by atoms with Crippen LogP contribution >= 0.6 is 11.8 Å². The normalized spacial score (nSPS) is 14.7. The fraction of sp³-hybridized carbons (Fsp3) is 0.0400. The fourth-order valence-electron chi connectivity index (χ4n) is 3.25. The summed E-state index contributed by atoms with van der Waals surface area (Å²) < 4.78 is 19.2. The van der Waals surface area contributed by atoms with Gasteiger partial charge in [-0.3, -0.25) is 9.69 Å². The molecule has 3 aromatic carbocycles. The van der Waals surface area contributed by atoms with Crippen LogP contribution in [0.1, 0.15) is 11.5 Å². The van der Waals surface area contributed by atoms with E-state index in [1.165, 1.54) is 28.8 Å². The highest BCUT2D eigenvalue weighted by atomic mass is 32.2. The fourth-order valence-corrected chi connectivity index (χ4v) is 4.10. The molecule has 1 aromatic heterocycles. The van der Waals surface area contributed by atoms with Gasteiger partial charge in [-0.2, -0.15) is 0 Å². The van der Waals surface area contributed by atoms with Crippen LogP contribution in [0.4, 0.5) is 10.1 Å². The quantitative estimate of drug-likeness (QED) is 0.368. The molecular weight excluding hydrogens is 439 g/mol. The average molecular weight is 457 g/mol. The molecule has 0 N–H and O–H groups in total. The van der Waals surface area contributed by atoms with E-state index in [0.717, 1.165) is 11.1 Å². The molecular formula is C25H17FN4O2S. The Hall–Kier alpha value is -4.04. The third-order valence-electron chi connectivity index (χ3n) is 4.83. The standard InChI is InChI=1S/C25H17FN4O2S/c26-19-11-13-20(14-12-19)30-24(31)21(15-17-7-3-1-4-8-17)27-25(30)33-16-22-28-29-23(32-22)18-9-5-2-6-10-18/h1-15H,16H2/b21-15+. The van der Waals surface area contributed by atoms with Gasteiger partial charge >= 0.3 is 0 Å². The number of hydrogen-bond donors (Lipinski definition) is 0. The van der Waals surface area contributed by atoms with Gasteiger partial charge in [-0.1, -0.05) is 60.3 Å². The summed E-state index contributed by atoms with van der Waals surface area (Å²) in [6, 6.07) is 24.7. The van der Waals surface area contributed by atoms with Gasteiger partial charge in [0.05, 0.1) is 11.4 Å². The summed E-state index contributed by atoms with van der Waals surface area (Å²) in [6.07, 6.45) is 1.73. The van der Waals surface area contributed by atoms with E-state index < -0.39 is 0 Å². The molecule has 0 bridgehead atoms. The highest BCUT2D eigenvalue weighted by molar-refractivity contribution is 8.13. The van der Waals surface area contributed by atoms with Gasteiger partial charge in [-0.25, -0.2) is 9.38 Å². The number of aromatic nitrogens is 2. The molecule has 5 rings (SSSR count). The number of nitrogens with zero attached hydrogens (tertiary/aromatic N) is 4. The van der Waals surface area contributed by atoms with E-state index in [0.29, 0.717) is 34.1 Å². The van der Waals surface area contributed by atoms with E-state index in [-0.39, 0.29) is 11.7 Å². The third kappa shape index (κ3) is 4.61. The van der Waals surface area contributed by atoms with E-state index >= 15 is 0 Å². The highest BCUT2D eigenvalue weighted by Gasteiger charge is 2.32. The predicted octanol–water partition coefficient (Wildman–Crippen LogP) is 5.55. The second kappa shape index (κ2) is 9.22. The first-order valence-corrected chi connectivity index (χ1v) is 11.1. The van der Waals surface area contributed by atoms with Crippen molar-refractivity contribution in [3.63, 3.8) is 0 Å². The van der Waals surface area contributed by atoms with E-state index in [4.69, 9.17) is 4.42 Å². The zero-order valence-electron chi connectivity index (χ0n) is 17.3. The molecule has 6 nitrogen and oxygen atoms in total. The maximum Gasteiger partial charge on any atom is 0.283 e. The molecule has 0 unspecified atom stereocenters. The molecule has 2 heterocycles. The molecule has 0 aliphatic carbocycles. The van der Waals surface area contributed by atoms with Crippen molar-refractivity contribution in [2.75, 3.05) is 4.90 Å². The molecule has 1 amide bonds. The summed E-state index contributed by atoms with van der Waals surface area (Å²) in [4.78, 5) is 19.2. The molecule has 33 heavy (non-hydrogen) atoms. The topological polar surface area (TPSA) is 71.6 Å². The Morgan fingerprint density at radius 2 is 1.61 bits per heavy atom. The molecule has 162 valence electrons. The second-order valence-electron chi connectivity index (χ2n) is 7.11. The first-order chi connectivity index (χ1) is 16.2. The van der Waals surface area contributed by atoms with Gasteiger partial charge in [0.2, 0.25) is 11.8 Å². The van der Waals surface area contributed by atoms with Crippen molar-refractivity contribution >= 4 is 34.6 Å².